The molecule has 0 spiro atoms. The predicted molar refractivity (Wildman–Crippen MR) is 72.5 cm³/mol. The molecule has 3 nitrogen and oxygen atoms in total. The van der Waals surface area contributed by atoms with E-state index < -0.39 is 17.4 Å². The molecule has 3 rings (SSSR count). The minimum absolute atomic E-state index is 0.000880. The molecule has 1 aliphatic heterocycles. The number of phenols is 1. The van der Waals surface area contributed by atoms with Gasteiger partial charge in [0.1, 0.15) is 0 Å². The summed E-state index contributed by atoms with van der Waals surface area (Å²) in [4.78, 5) is 2.28. The summed E-state index contributed by atoms with van der Waals surface area (Å²) in [5.41, 5.74) is 0.538. The Bertz CT molecular complexity index is 485. The van der Waals surface area contributed by atoms with Gasteiger partial charge in [-0.25, -0.2) is 4.39 Å². The first-order valence-electron chi connectivity index (χ1n) is 7.30. The second kappa shape index (κ2) is 5.66. The molecule has 0 radical (unpaired) electrons. The summed E-state index contributed by atoms with van der Waals surface area (Å²) in [7, 11) is 0. The number of halogens is 2. The van der Waals surface area contributed by atoms with Gasteiger partial charge in [-0.3, -0.25) is 4.90 Å². The Morgan fingerprint density at radius 2 is 1.90 bits per heavy atom. The van der Waals surface area contributed by atoms with Crippen molar-refractivity contribution in [2.75, 3.05) is 26.2 Å². The van der Waals surface area contributed by atoms with Crippen LogP contribution < -0.4 is 5.32 Å². The van der Waals surface area contributed by atoms with E-state index in [0.29, 0.717) is 11.5 Å². The Morgan fingerprint density at radius 1 is 1.20 bits per heavy atom. The van der Waals surface area contributed by atoms with E-state index in [-0.39, 0.29) is 6.04 Å². The van der Waals surface area contributed by atoms with E-state index in [9.17, 15) is 13.9 Å². The van der Waals surface area contributed by atoms with Crippen LogP contribution in [0, 0.1) is 17.6 Å². The Morgan fingerprint density at radius 3 is 2.50 bits per heavy atom. The molecule has 1 heterocycles. The number of nitrogens with zero attached hydrogens (tertiary/aromatic N) is 1. The summed E-state index contributed by atoms with van der Waals surface area (Å²) in [5.74, 6) is -2.19. The molecule has 2 fully saturated rings. The zero-order valence-electron chi connectivity index (χ0n) is 11.4. The predicted octanol–water partition coefficient (Wildman–Crippen LogP) is 2.42. The van der Waals surface area contributed by atoms with Crippen LogP contribution >= 0.6 is 0 Å². The molecule has 5 heteroatoms. The maximum Gasteiger partial charge on any atom is 0.200 e. The summed E-state index contributed by atoms with van der Waals surface area (Å²) in [6.07, 6.45) is 3.36. The highest BCUT2D eigenvalue weighted by Gasteiger charge is 2.35. The molecule has 20 heavy (non-hydrogen) atoms. The number of nitrogens with one attached hydrogen (secondary N) is 1. The average Bonchev–Trinajstić information content (AvgIpc) is 2.42. The first-order chi connectivity index (χ1) is 9.68. The van der Waals surface area contributed by atoms with Crippen LogP contribution in [0.1, 0.15) is 30.9 Å². The lowest BCUT2D eigenvalue weighted by Gasteiger charge is -2.43. The Kier molecular flexibility index (Phi) is 3.89. The molecule has 1 aliphatic carbocycles. The summed E-state index contributed by atoms with van der Waals surface area (Å²) in [5, 5.41) is 13.3. The summed E-state index contributed by atoms with van der Waals surface area (Å²) < 4.78 is 26.9. The van der Waals surface area contributed by atoms with Crippen molar-refractivity contribution < 1.29 is 13.9 Å². The van der Waals surface area contributed by atoms with Crippen molar-refractivity contribution in [3.63, 3.8) is 0 Å². The van der Waals surface area contributed by atoms with E-state index in [4.69, 9.17) is 0 Å². The Labute approximate surface area is 117 Å². The maximum atomic E-state index is 13.6. The van der Waals surface area contributed by atoms with Crippen molar-refractivity contribution in [2.24, 2.45) is 5.92 Å². The average molecular weight is 282 g/mol. The van der Waals surface area contributed by atoms with Crippen LogP contribution in [-0.2, 0) is 0 Å². The van der Waals surface area contributed by atoms with E-state index in [1.165, 1.54) is 6.42 Å². The van der Waals surface area contributed by atoms with Gasteiger partial charge >= 0.3 is 0 Å². The number of benzene rings is 1. The zero-order valence-corrected chi connectivity index (χ0v) is 11.4. The van der Waals surface area contributed by atoms with Crippen LogP contribution in [0.4, 0.5) is 8.78 Å². The number of rotatable bonds is 3. The van der Waals surface area contributed by atoms with E-state index >= 15 is 0 Å². The molecule has 1 saturated heterocycles. The van der Waals surface area contributed by atoms with E-state index in [1.807, 2.05) is 0 Å². The lowest BCUT2D eigenvalue weighted by atomic mass is 9.76. The largest absolute Gasteiger partial charge is 0.505 e. The van der Waals surface area contributed by atoms with Crippen LogP contribution in [0.2, 0.25) is 0 Å². The van der Waals surface area contributed by atoms with Gasteiger partial charge < -0.3 is 10.4 Å². The van der Waals surface area contributed by atoms with Crippen molar-refractivity contribution >= 4 is 0 Å². The van der Waals surface area contributed by atoms with Gasteiger partial charge in [-0.05, 0) is 24.8 Å². The van der Waals surface area contributed by atoms with Gasteiger partial charge in [0.25, 0.3) is 0 Å². The molecule has 1 saturated carbocycles. The second-order valence-corrected chi connectivity index (χ2v) is 5.72. The summed E-state index contributed by atoms with van der Waals surface area (Å²) in [6.45, 7) is 3.54. The lowest BCUT2D eigenvalue weighted by Crippen LogP contribution is -2.47. The molecule has 0 unspecified atom stereocenters. The molecule has 2 N–H and O–H groups in total. The molecule has 0 amide bonds. The Hall–Kier alpha value is -1.20. The fraction of sp³-hybridized carbons (Fsp3) is 0.600. The molecule has 1 aromatic carbocycles. The van der Waals surface area contributed by atoms with Crippen LogP contribution in [0.25, 0.3) is 0 Å². The fourth-order valence-electron chi connectivity index (χ4n) is 3.26. The third-order valence-corrected chi connectivity index (χ3v) is 4.56. The lowest BCUT2D eigenvalue weighted by molar-refractivity contribution is 0.0814. The topological polar surface area (TPSA) is 35.5 Å². The highest BCUT2D eigenvalue weighted by molar-refractivity contribution is 5.37. The molecule has 0 bridgehead atoms. The number of hydrogen-bond donors (Lipinski definition) is 2. The van der Waals surface area contributed by atoms with Crippen molar-refractivity contribution in [3.05, 3.63) is 29.3 Å². The highest BCUT2D eigenvalue weighted by atomic mass is 19.2. The van der Waals surface area contributed by atoms with E-state index in [1.54, 1.807) is 6.07 Å². The summed E-state index contributed by atoms with van der Waals surface area (Å²) in [6, 6.07) is 2.66. The molecule has 0 aromatic heterocycles. The third kappa shape index (κ3) is 2.40. The van der Waals surface area contributed by atoms with Crippen LogP contribution in [-0.4, -0.2) is 36.2 Å². The first kappa shape index (κ1) is 13.8. The highest BCUT2D eigenvalue weighted by Crippen LogP contribution is 2.44. The minimum atomic E-state index is -1.12. The molecule has 1 atom stereocenters. The van der Waals surface area contributed by atoms with Gasteiger partial charge in [-0.1, -0.05) is 12.5 Å². The van der Waals surface area contributed by atoms with Crippen molar-refractivity contribution in [2.45, 2.75) is 25.3 Å². The van der Waals surface area contributed by atoms with Crippen molar-refractivity contribution in [1.29, 1.82) is 0 Å². The molecule has 110 valence electrons. The van der Waals surface area contributed by atoms with Gasteiger partial charge in [0.15, 0.2) is 11.6 Å². The van der Waals surface area contributed by atoms with Gasteiger partial charge in [0, 0.05) is 37.8 Å². The third-order valence-electron chi connectivity index (χ3n) is 4.56. The van der Waals surface area contributed by atoms with Crippen molar-refractivity contribution in [3.8, 4) is 5.75 Å². The van der Waals surface area contributed by atoms with Crippen LogP contribution in [0.3, 0.4) is 0 Å². The van der Waals surface area contributed by atoms with Gasteiger partial charge in [-0.2, -0.15) is 4.39 Å². The quantitative estimate of drug-likeness (QED) is 0.893. The van der Waals surface area contributed by atoms with E-state index in [2.05, 4.69) is 10.2 Å². The minimum Gasteiger partial charge on any atom is -0.505 e. The van der Waals surface area contributed by atoms with Gasteiger partial charge in [0.2, 0.25) is 5.82 Å². The maximum absolute atomic E-state index is 13.6. The molecule has 2 aliphatic rings. The number of aromatic hydroxyl groups is 1. The standard InChI is InChI=1S/C15H20F2N2O/c16-12-5-4-11(15(20)13(12)17)14(10-2-1-3-10)19-8-6-18-7-9-19/h4-5,10,14,18,20H,1-3,6-9H2/t14-/m0/s1. The second-order valence-electron chi connectivity index (χ2n) is 5.72. The van der Waals surface area contributed by atoms with Gasteiger partial charge in [0.05, 0.1) is 0 Å². The number of phenolic OH excluding ortho intramolecular Hbond substituents is 1. The van der Waals surface area contributed by atoms with Crippen molar-refractivity contribution in [1.82, 2.24) is 10.2 Å². The monoisotopic (exact) mass is 282 g/mol. The number of piperazine rings is 1. The summed E-state index contributed by atoms with van der Waals surface area (Å²) >= 11 is 0. The molecular weight excluding hydrogens is 262 g/mol. The molecule has 1 aromatic rings. The first-order valence-corrected chi connectivity index (χ1v) is 7.30. The normalized spacial score (nSPS) is 22.5. The number of hydrogen-bond acceptors (Lipinski definition) is 3. The zero-order chi connectivity index (χ0) is 14.1. The SMILES string of the molecule is Oc1c([C@H](C2CCC2)N2CCNCC2)ccc(F)c1F. The van der Waals surface area contributed by atoms with E-state index in [0.717, 1.165) is 45.1 Å². The smallest absolute Gasteiger partial charge is 0.200 e. The molecular formula is C15H20F2N2O. The Balaban J connectivity index is 1.94. The van der Waals surface area contributed by atoms with Gasteiger partial charge in [-0.15, -0.1) is 0 Å². The van der Waals surface area contributed by atoms with Crippen LogP contribution in [0.15, 0.2) is 12.1 Å². The van der Waals surface area contributed by atoms with Crippen LogP contribution in [0.5, 0.6) is 5.75 Å². The fourth-order valence-corrected chi connectivity index (χ4v) is 3.26.